The van der Waals surface area contributed by atoms with Crippen molar-refractivity contribution in [3.05, 3.63) is 23.9 Å². The molecule has 164 valence electrons. The molecule has 1 aromatic heterocycles. The fraction of sp³-hybridized carbons (Fsp3) is 0.760. The first-order valence-corrected chi connectivity index (χ1v) is 12.4. The van der Waals surface area contributed by atoms with E-state index >= 15 is 0 Å². The normalized spacial score (nSPS) is 26.0. The van der Waals surface area contributed by atoms with Crippen LogP contribution >= 0.6 is 0 Å². The van der Waals surface area contributed by atoms with Crippen LogP contribution in [-0.4, -0.2) is 66.0 Å². The van der Waals surface area contributed by atoms with Gasteiger partial charge in [0.1, 0.15) is 5.82 Å². The van der Waals surface area contributed by atoms with Crippen LogP contribution in [0.3, 0.4) is 0 Å². The van der Waals surface area contributed by atoms with Gasteiger partial charge in [0.15, 0.2) is 0 Å². The molecule has 3 saturated heterocycles. The molecule has 5 nitrogen and oxygen atoms in total. The van der Waals surface area contributed by atoms with E-state index < -0.39 is 0 Å². The molecule has 0 bridgehead atoms. The minimum atomic E-state index is 0.150. The van der Waals surface area contributed by atoms with Crippen molar-refractivity contribution >= 4 is 11.7 Å². The molecule has 0 N–H and O–H groups in total. The quantitative estimate of drug-likeness (QED) is 0.749. The lowest BCUT2D eigenvalue weighted by Gasteiger charge is -2.50. The SMILES string of the molecule is CC1CCN(C(=O)c2ccc(N3CCC4(CC3)CCN(C3CCC3)CC4)nc2)CC1. The summed E-state index contributed by atoms with van der Waals surface area (Å²) in [5, 5.41) is 0. The molecule has 4 fully saturated rings. The number of rotatable bonds is 3. The number of nitrogens with zero attached hydrogens (tertiary/aromatic N) is 4. The maximum absolute atomic E-state index is 12.8. The Kier molecular flexibility index (Phi) is 5.74. The second kappa shape index (κ2) is 8.49. The summed E-state index contributed by atoms with van der Waals surface area (Å²) in [4.78, 5) is 24.6. The third kappa shape index (κ3) is 4.10. The number of aromatic nitrogens is 1. The number of amides is 1. The number of anilines is 1. The smallest absolute Gasteiger partial charge is 0.255 e. The van der Waals surface area contributed by atoms with Gasteiger partial charge >= 0.3 is 0 Å². The maximum atomic E-state index is 12.8. The van der Waals surface area contributed by atoms with Crippen LogP contribution in [0.15, 0.2) is 18.3 Å². The first-order chi connectivity index (χ1) is 14.6. The van der Waals surface area contributed by atoms with E-state index in [1.54, 1.807) is 6.20 Å². The predicted octanol–water partition coefficient (Wildman–Crippen LogP) is 4.19. The van der Waals surface area contributed by atoms with Crippen LogP contribution in [0.2, 0.25) is 0 Å². The van der Waals surface area contributed by atoms with Gasteiger partial charge < -0.3 is 14.7 Å². The molecule has 4 aliphatic rings. The highest BCUT2D eigenvalue weighted by Gasteiger charge is 2.39. The molecule has 1 amide bonds. The van der Waals surface area contributed by atoms with Crippen molar-refractivity contribution in [2.45, 2.75) is 70.8 Å². The molecule has 4 heterocycles. The van der Waals surface area contributed by atoms with Gasteiger partial charge in [0, 0.05) is 38.4 Å². The van der Waals surface area contributed by atoms with Gasteiger partial charge in [-0.3, -0.25) is 4.79 Å². The Balaban J connectivity index is 1.13. The number of carbonyl (C=O) groups excluding carboxylic acids is 1. The van der Waals surface area contributed by atoms with Crippen LogP contribution in [-0.2, 0) is 0 Å². The number of hydrogen-bond acceptors (Lipinski definition) is 4. The third-order valence-electron chi connectivity index (χ3n) is 8.66. The highest BCUT2D eigenvalue weighted by atomic mass is 16.2. The van der Waals surface area contributed by atoms with Crippen molar-refractivity contribution in [3.8, 4) is 0 Å². The van der Waals surface area contributed by atoms with E-state index in [9.17, 15) is 4.79 Å². The van der Waals surface area contributed by atoms with Gasteiger partial charge in [0.05, 0.1) is 5.56 Å². The molecule has 1 aromatic rings. The zero-order chi connectivity index (χ0) is 20.6. The van der Waals surface area contributed by atoms with Crippen LogP contribution in [0.25, 0.3) is 0 Å². The van der Waals surface area contributed by atoms with Crippen LogP contribution in [0.1, 0.15) is 75.1 Å². The van der Waals surface area contributed by atoms with E-state index in [1.807, 2.05) is 11.0 Å². The first-order valence-electron chi connectivity index (χ1n) is 12.4. The van der Waals surface area contributed by atoms with Crippen LogP contribution in [0, 0.1) is 11.3 Å². The summed E-state index contributed by atoms with van der Waals surface area (Å²) >= 11 is 0. The van der Waals surface area contributed by atoms with Crippen LogP contribution < -0.4 is 4.90 Å². The number of pyridine rings is 1. The minimum absolute atomic E-state index is 0.150. The summed E-state index contributed by atoms with van der Waals surface area (Å²) in [6.45, 7) is 8.88. The Morgan fingerprint density at radius 2 is 1.60 bits per heavy atom. The number of piperidine rings is 3. The zero-order valence-electron chi connectivity index (χ0n) is 18.7. The molecule has 1 aliphatic carbocycles. The molecule has 5 heteroatoms. The lowest BCUT2D eigenvalue weighted by Crippen LogP contribution is -2.51. The van der Waals surface area contributed by atoms with E-state index in [1.165, 1.54) is 58.0 Å². The van der Waals surface area contributed by atoms with Gasteiger partial charge in [-0.05, 0) is 87.9 Å². The molecule has 5 rings (SSSR count). The number of hydrogen-bond donors (Lipinski definition) is 0. The number of likely N-dealkylation sites (tertiary alicyclic amines) is 2. The monoisotopic (exact) mass is 410 g/mol. The van der Waals surface area contributed by atoms with Gasteiger partial charge in [-0.15, -0.1) is 0 Å². The summed E-state index contributed by atoms with van der Waals surface area (Å²) in [6.07, 6.45) is 13.7. The third-order valence-corrected chi connectivity index (χ3v) is 8.66. The van der Waals surface area contributed by atoms with E-state index in [0.29, 0.717) is 5.41 Å². The molecule has 1 saturated carbocycles. The van der Waals surface area contributed by atoms with Crippen molar-refractivity contribution in [1.82, 2.24) is 14.8 Å². The Hall–Kier alpha value is -1.62. The van der Waals surface area contributed by atoms with E-state index in [0.717, 1.165) is 62.4 Å². The van der Waals surface area contributed by atoms with E-state index in [-0.39, 0.29) is 5.91 Å². The van der Waals surface area contributed by atoms with Gasteiger partial charge in [0.2, 0.25) is 0 Å². The molecule has 3 aliphatic heterocycles. The first kappa shape index (κ1) is 20.3. The van der Waals surface area contributed by atoms with Crippen molar-refractivity contribution in [2.75, 3.05) is 44.2 Å². The van der Waals surface area contributed by atoms with Crippen molar-refractivity contribution in [1.29, 1.82) is 0 Å². The topological polar surface area (TPSA) is 39.7 Å². The largest absolute Gasteiger partial charge is 0.357 e. The molecule has 0 unspecified atom stereocenters. The van der Waals surface area contributed by atoms with Crippen molar-refractivity contribution < 1.29 is 4.79 Å². The Morgan fingerprint density at radius 3 is 2.17 bits per heavy atom. The molecule has 0 aromatic carbocycles. The van der Waals surface area contributed by atoms with Gasteiger partial charge in [-0.2, -0.15) is 0 Å². The summed E-state index contributed by atoms with van der Waals surface area (Å²) in [6, 6.07) is 4.96. The lowest BCUT2D eigenvalue weighted by molar-refractivity contribution is 0.0305. The number of carbonyl (C=O) groups is 1. The predicted molar refractivity (Wildman–Crippen MR) is 121 cm³/mol. The van der Waals surface area contributed by atoms with E-state index in [4.69, 9.17) is 4.98 Å². The highest BCUT2D eigenvalue weighted by molar-refractivity contribution is 5.94. The molecular formula is C25H38N4O. The van der Waals surface area contributed by atoms with Gasteiger partial charge in [-0.1, -0.05) is 13.3 Å². The molecule has 30 heavy (non-hydrogen) atoms. The molecule has 0 atom stereocenters. The molecule has 1 spiro atoms. The highest BCUT2D eigenvalue weighted by Crippen LogP contribution is 2.43. The fourth-order valence-electron chi connectivity index (χ4n) is 5.92. The Bertz CT molecular complexity index is 718. The summed E-state index contributed by atoms with van der Waals surface area (Å²) in [5.74, 6) is 1.93. The van der Waals surface area contributed by atoms with Crippen LogP contribution in [0.4, 0.5) is 5.82 Å². The molecule has 0 radical (unpaired) electrons. The van der Waals surface area contributed by atoms with Crippen molar-refractivity contribution in [2.24, 2.45) is 11.3 Å². The second-order valence-corrected chi connectivity index (χ2v) is 10.5. The summed E-state index contributed by atoms with van der Waals surface area (Å²) in [7, 11) is 0. The van der Waals surface area contributed by atoms with E-state index in [2.05, 4.69) is 22.8 Å². The van der Waals surface area contributed by atoms with Crippen molar-refractivity contribution in [3.63, 3.8) is 0 Å². The lowest BCUT2D eigenvalue weighted by atomic mass is 9.70. The second-order valence-electron chi connectivity index (χ2n) is 10.5. The zero-order valence-corrected chi connectivity index (χ0v) is 18.7. The molecular weight excluding hydrogens is 372 g/mol. The average Bonchev–Trinajstić information content (AvgIpc) is 2.75. The van der Waals surface area contributed by atoms with Gasteiger partial charge in [0.25, 0.3) is 5.91 Å². The Morgan fingerprint density at radius 1 is 0.933 bits per heavy atom. The van der Waals surface area contributed by atoms with Gasteiger partial charge in [-0.25, -0.2) is 4.98 Å². The summed E-state index contributed by atoms with van der Waals surface area (Å²) < 4.78 is 0. The fourth-order valence-corrected chi connectivity index (χ4v) is 5.92. The standard InChI is InChI=1S/C25H38N4O/c1-20-7-13-29(14-8-20)24(30)21-5-6-23(26-19-21)28-17-11-25(12-18-28)9-15-27(16-10-25)22-3-2-4-22/h5-6,19-20,22H,2-4,7-18H2,1H3. The maximum Gasteiger partial charge on any atom is 0.255 e. The average molecular weight is 411 g/mol. The Labute approximate surface area is 181 Å². The summed E-state index contributed by atoms with van der Waals surface area (Å²) in [5.41, 5.74) is 1.31. The van der Waals surface area contributed by atoms with Crippen LogP contribution in [0.5, 0.6) is 0 Å². The minimum Gasteiger partial charge on any atom is -0.357 e.